The third-order valence-electron chi connectivity index (χ3n) is 5.60. The van der Waals surface area contributed by atoms with Gasteiger partial charge in [-0.15, -0.1) is 0 Å². The molecule has 4 nitrogen and oxygen atoms in total. The fourth-order valence-corrected chi connectivity index (χ4v) is 3.73. The van der Waals surface area contributed by atoms with Crippen LogP contribution >= 0.6 is 0 Å². The summed E-state index contributed by atoms with van der Waals surface area (Å²) in [7, 11) is 0. The second-order valence-electron chi connectivity index (χ2n) is 8.46. The number of carbonyl (C=O) groups is 1. The Morgan fingerprint density at radius 3 is 1.74 bits per heavy atom. The zero-order valence-electron chi connectivity index (χ0n) is 20.2. The Labute approximate surface area is 191 Å². The second kappa shape index (κ2) is 20.4. The van der Waals surface area contributed by atoms with Gasteiger partial charge in [-0.3, -0.25) is 4.89 Å². The van der Waals surface area contributed by atoms with Gasteiger partial charge in [0.2, 0.25) is 0 Å². The lowest BCUT2D eigenvalue weighted by molar-refractivity contribution is -0.241. The highest BCUT2D eigenvalue weighted by atomic mass is 17.2. The Kier molecular flexibility index (Phi) is 18.0. The number of hydrogen-bond acceptors (Lipinski definition) is 4. The fraction of sp³-hybridized carbons (Fsp3) is 0.741. The number of benzene rings is 1. The van der Waals surface area contributed by atoms with Gasteiger partial charge in [-0.25, -0.2) is 4.79 Å². The molecule has 0 aliphatic carbocycles. The zero-order valence-corrected chi connectivity index (χ0v) is 20.2. The molecule has 1 aromatic carbocycles. The maximum atomic E-state index is 12.0. The van der Waals surface area contributed by atoms with Gasteiger partial charge in [0.05, 0.1) is 18.8 Å². The van der Waals surface area contributed by atoms with Crippen LogP contribution in [0.3, 0.4) is 0 Å². The van der Waals surface area contributed by atoms with Crippen LogP contribution in [0, 0.1) is 0 Å². The summed E-state index contributed by atoms with van der Waals surface area (Å²) in [5.74, 6) is 0.188. The summed E-state index contributed by atoms with van der Waals surface area (Å²) in [4.78, 5) is 21.9. The van der Waals surface area contributed by atoms with Crippen LogP contribution in [0.4, 0.5) is 0 Å². The van der Waals surface area contributed by atoms with E-state index >= 15 is 0 Å². The standard InChI is InChI=1S/C27H46O4/c1-3-5-6-7-8-9-10-11-12-13-14-15-16-17-18-19-23-30-31-27(28)25-21-20-22-26(24-25)29-4-2/h20-22,24H,3-19,23H2,1-2H3. The molecule has 4 heteroatoms. The average Bonchev–Trinajstić information content (AvgIpc) is 2.78. The lowest BCUT2D eigenvalue weighted by Crippen LogP contribution is -2.07. The van der Waals surface area contributed by atoms with Crippen LogP contribution in [0.25, 0.3) is 0 Å². The molecule has 0 aliphatic heterocycles. The van der Waals surface area contributed by atoms with Gasteiger partial charge in [0.1, 0.15) is 5.75 Å². The van der Waals surface area contributed by atoms with Gasteiger partial charge in [0.25, 0.3) is 0 Å². The number of hydrogen-bond donors (Lipinski definition) is 0. The Hall–Kier alpha value is -1.55. The average molecular weight is 435 g/mol. The summed E-state index contributed by atoms with van der Waals surface area (Å²) < 4.78 is 5.39. The number of unbranched alkanes of at least 4 members (excludes halogenated alkanes) is 15. The SMILES string of the molecule is CCCCCCCCCCCCCCCCCCOOC(=O)c1cccc(OCC)c1. The van der Waals surface area contributed by atoms with Crippen LogP contribution in [0.15, 0.2) is 24.3 Å². The molecule has 0 saturated heterocycles. The van der Waals surface area contributed by atoms with Gasteiger partial charge in [-0.05, 0) is 31.5 Å². The second-order valence-corrected chi connectivity index (χ2v) is 8.46. The van der Waals surface area contributed by atoms with E-state index in [2.05, 4.69) is 6.92 Å². The van der Waals surface area contributed by atoms with E-state index in [9.17, 15) is 4.79 Å². The maximum absolute atomic E-state index is 12.0. The van der Waals surface area contributed by atoms with Crippen molar-refractivity contribution in [3.63, 3.8) is 0 Å². The molecular weight excluding hydrogens is 388 g/mol. The van der Waals surface area contributed by atoms with E-state index in [0.717, 1.165) is 12.8 Å². The molecule has 0 fully saturated rings. The maximum Gasteiger partial charge on any atom is 0.373 e. The Balaban J connectivity index is 1.83. The summed E-state index contributed by atoms with van der Waals surface area (Å²) in [6.07, 6.45) is 21.4. The van der Waals surface area contributed by atoms with Crippen molar-refractivity contribution in [2.24, 2.45) is 0 Å². The Morgan fingerprint density at radius 2 is 1.23 bits per heavy atom. The predicted molar refractivity (Wildman–Crippen MR) is 129 cm³/mol. The fourth-order valence-electron chi connectivity index (χ4n) is 3.73. The largest absolute Gasteiger partial charge is 0.494 e. The highest BCUT2D eigenvalue weighted by Gasteiger charge is 2.09. The minimum atomic E-state index is -0.474. The molecule has 0 N–H and O–H groups in total. The zero-order chi connectivity index (χ0) is 22.4. The van der Waals surface area contributed by atoms with Gasteiger partial charge < -0.3 is 4.74 Å². The molecule has 178 valence electrons. The Bertz CT molecular complexity index is 544. The molecule has 31 heavy (non-hydrogen) atoms. The number of rotatable bonds is 21. The van der Waals surface area contributed by atoms with Crippen molar-refractivity contribution >= 4 is 5.97 Å². The first-order chi connectivity index (χ1) is 15.3. The minimum absolute atomic E-state index is 0.443. The molecule has 1 rings (SSSR count). The van der Waals surface area contributed by atoms with Crippen molar-refractivity contribution in [2.75, 3.05) is 13.2 Å². The first-order valence-electron chi connectivity index (χ1n) is 12.8. The van der Waals surface area contributed by atoms with Crippen LogP contribution < -0.4 is 4.74 Å². The molecular formula is C27H46O4. The summed E-state index contributed by atoms with van der Waals surface area (Å²) in [6, 6.07) is 6.96. The lowest BCUT2D eigenvalue weighted by atomic mass is 10.0. The molecule has 0 unspecified atom stereocenters. The van der Waals surface area contributed by atoms with Gasteiger partial charge in [-0.2, -0.15) is 4.89 Å². The third-order valence-corrected chi connectivity index (χ3v) is 5.60. The molecule has 0 aromatic heterocycles. The molecule has 0 radical (unpaired) electrons. The molecule has 0 spiro atoms. The summed E-state index contributed by atoms with van der Waals surface area (Å²) in [5, 5.41) is 0. The Morgan fingerprint density at radius 1 is 0.710 bits per heavy atom. The minimum Gasteiger partial charge on any atom is -0.494 e. The first kappa shape index (κ1) is 27.5. The van der Waals surface area contributed by atoms with E-state index in [4.69, 9.17) is 14.5 Å². The molecule has 0 aliphatic rings. The monoisotopic (exact) mass is 434 g/mol. The van der Waals surface area contributed by atoms with Crippen LogP contribution in [0.2, 0.25) is 0 Å². The van der Waals surface area contributed by atoms with Crippen molar-refractivity contribution < 1.29 is 19.3 Å². The van der Waals surface area contributed by atoms with Crippen LogP contribution in [-0.4, -0.2) is 19.2 Å². The number of carbonyl (C=O) groups excluding carboxylic acids is 1. The molecule has 0 heterocycles. The quantitative estimate of drug-likeness (QED) is 0.111. The van der Waals surface area contributed by atoms with Gasteiger partial charge >= 0.3 is 5.97 Å². The van der Waals surface area contributed by atoms with Crippen LogP contribution in [0.1, 0.15) is 127 Å². The van der Waals surface area contributed by atoms with Gasteiger partial charge in [0.15, 0.2) is 0 Å². The highest BCUT2D eigenvalue weighted by Crippen LogP contribution is 2.15. The summed E-state index contributed by atoms with van der Waals surface area (Å²) in [6.45, 7) is 5.20. The number of ether oxygens (including phenoxy) is 1. The molecule has 1 aromatic rings. The lowest BCUT2D eigenvalue weighted by Gasteiger charge is -2.06. The van der Waals surface area contributed by atoms with Crippen molar-refractivity contribution in [3.05, 3.63) is 29.8 Å². The highest BCUT2D eigenvalue weighted by molar-refractivity contribution is 5.89. The van der Waals surface area contributed by atoms with E-state index in [-0.39, 0.29) is 0 Å². The molecule has 0 saturated carbocycles. The summed E-state index contributed by atoms with van der Waals surface area (Å²) >= 11 is 0. The normalized spacial score (nSPS) is 10.9. The van der Waals surface area contributed by atoms with E-state index in [0.29, 0.717) is 24.5 Å². The van der Waals surface area contributed by atoms with Gasteiger partial charge in [0, 0.05) is 0 Å². The predicted octanol–water partition coefficient (Wildman–Crippen LogP) is 8.44. The molecule has 0 amide bonds. The molecule has 0 atom stereocenters. The van der Waals surface area contributed by atoms with Crippen molar-refractivity contribution in [2.45, 2.75) is 117 Å². The third kappa shape index (κ3) is 15.8. The topological polar surface area (TPSA) is 44.8 Å². The smallest absolute Gasteiger partial charge is 0.373 e. The van der Waals surface area contributed by atoms with Crippen molar-refractivity contribution in [1.29, 1.82) is 0 Å². The van der Waals surface area contributed by atoms with E-state index in [1.165, 1.54) is 89.9 Å². The molecule has 0 bridgehead atoms. The van der Waals surface area contributed by atoms with Crippen molar-refractivity contribution in [1.82, 2.24) is 0 Å². The first-order valence-corrected chi connectivity index (χ1v) is 12.8. The van der Waals surface area contributed by atoms with E-state index in [1.54, 1.807) is 18.2 Å². The van der Waals surface area contributed by atoms with E-state index < -0.39 is 5.97 Å². The summed E-state index contributed by atoms with van der Waals surface area (Å²) in [5.41, 5.74) is 0.443. The van der Waals surface area contributed by atoms with Crippen molar-refractivity contribution in [3.8, 4) is 5.75 Å². The van der Waals surface area contributed by atoms with E-state index in [1.807, 2.05) is 13.0 Å². The van der Waals surface area contributed by atoms with Crippen LogP contribution in [0.5, 0.6) is 5.75 Å². The van der Waals surface area contributed by atoms with Gasteiger partial charge in [-0.1, -0.05) is 109 Å². The van der Waals surface area contributed by atoms with Crippen LogP contribution in [-0.2, 0) is 9.78 Å².